The molecule has 2 aromatic rings. The van der Waals surface area contributed by atoms with Gasteiger partial charge < -0.3 is 9.52 Å². The van der Waals surface area contributed by atoms with Gasteiger partial charge in [-0.25, -0.2) is 0 Å². The van der Waals surface area contributed by atoms with Gasteiger partial charge in [-0.3, -0.25) is 4.90 Å². The van der Waals surface area contributed by atoms with Crippen molar-refractivity contribution in [1.29, 1.82) is 0 Å². The average Bonchev–Trinajstić information content (AvgIpc) is 2.84. The van der Waals surface area contributed by atoms with Crippen LogP contribution < -0.4 is 0 Å². The van der Waals surface area contributed by atoms with E-state index in [0.717, 1.165) is 18.5 Å². The molecule has 0 aliphatic heterocycles. The first-order valence-electron chi connectivity index (χ1n) is 7.02. The summed E-state index contributed by atoms with van der Waals surface area (Å²) in [7, 11) is 0. The lowest BCUT2D eigenvalue weighted by atomic mass is 9.93. The molecular weight excluding hydrogens is 274 g/mol. The molecule has 0 saturated heterocycles. The number of aliphatic hydroxyl groups is 1. The van der Waals surface area contributed by atoms with Crippen LogP contribution in [0.1, 0.15) is 39.6 Å². The van der Waals surface area contributed by atoms with E-state index in [2.05, 4.69) is 18.7 Å². The van der Waals surface area contributed by atoms with E-state index in [1.807, 2.05) is 32.0 Å². The van der Waals surface area contributed by atoms with Crippen molar-refractivity contribution in [2.24, 2.45) is 0 Å². The molecule has 0 amide bonds. The zero-order valence-electron chi connectivity index (χ0n) is 12.5. The van der Waals surface area contributed by atoms with E-state index in [0.29, 0.717) is 16.4 Å². The molecule has 0 fully saturated rings. The van der Waals surface area contributed by atoms with Crippen molar-refractivity contribution in [1.82, 2.24) is 4.90 Å². The second kappa shape index (κ2) is 5.76. The van der Waals surface area contributed by atoms with E-state index in [9.17, 15) is 5.11 Å². The Morgan fingerprint density at radius 3 is 2.50 bits per heavy atom. The second-order valence-electron chi connectivity index (χ2n) is 5.54. The first kappa shape index (κ1) is 15.4. The molecule has 110 valence electrons. The van der Waals surface area contributed by atoms with Gasteiger partial charge in [-0.15, -0.1) is 0 Å². The van der Waals surface area contributed by atoms with Crippen LogP contribution in [0.3, 0.4) is 0 Å². The number of para-hydroxylation sites is 1. The molecule has 0 aliphatic carbocycles. The van der Waals surface area contributed by atoms with Gasteiger partial charge in [-0.1, -0.05) is 37.6 Å². The molecule has 1 aromatic carbocycles. The van der Waals surface area contributed by atoms with Crippen molar-refractivity contribution in [3.05, 3.63) is 35.0 Å². The Bertz CT molecular complexity index is 587. The quantitative estimate of drug-likeness (QED) is 0.896. The number of hydrogen-bond donors (Lipinski definition) is 1. The largest absolute Gasteiger partial charge is 0.457 e. The normalized spacial score (nSPS) is 14.2. The number of furan rings is 1. The van der Waals surface area contributed by atoms with Crippen LogP contribution in [0.25, 0.3) is 11.0 Å². The van der Waals surface area contributed by atoms with Crippen molar-refractivity contribution in [3.8, 4) is 0 Å². The van der Waals surface area contributed by atoms with Crippen molar-refractivity contribution >= 4 is 22.6 Å². The number of fused-ring (bicyclic) bond motifs is 1. The minimum absolute atomic E-state index is 0.399. The van der Waals surface area contributed by atoms with Crippen LogP contribution in [0, 0.1) is 0 Å². The number of hydrogen-bond acceptors (Lipinski definition) is 3. The van der Waals surface area contributed by atoms with Crippen LogP contribution in [-0.2, 0) is 0 Å². The zero-order valence-corrected chi connectivity index (χ0v) is 13.2. The average molecular weight is 296 g/mol. The van der Waals surface area contributed by atoms with Gasteiger partial charge in [0.15, 0.2) is 5.58 Å². The summed E-state index contributed by atoms with van der Waals surface area (Å²) in [5.41, 5.74) is 0.239. The van der Waals surface area contributed by atoms with Crippen LogP contribution >= 0.6 is 11.6 Å². The standard InChI is InChI=1S/C16H22ClNO2/c1-5-18(6-2)16(3,4)15(19)13-10-11-8-7-9-12(17)14(11)20-13/h7-10,15,19H,5-6H2,1-4H3. The summed E-state index contributed by atoms with van der Waals surface area (Å²) in [5, 5.41) is 12.2. The number of aliphatic hydroxyl groups excluding tert-OH is 1. The van der Waals surface area contributed by atoms with Crippen LogP contribution in [0.2, 0.25) is 5.02 Å². The summed E-state index contributed by atoms with van der Waals surface area (Å²) in [6, 6.07) is 7.48. The second-order valence-corrected chi connectivity index (χ2v) is 5.94. The minimum atomic E-state index is -0.703. The summed E-state index contributed by atoms with van der Waals surface area (Å²) < 4.78 is 5.78. The van der Waals surface area contributed by atoms with E-state index in [-0.39, 0.29) is 0 Å². The van der Waals surface area contributed by atoms with Crippen molar-refractivity contribution in [2.45, 2.75) is 39.3 Å². The Labute approximate surface area is 125 Å². The molecule has 1 unspecified atom stereocenters. The van der Waals surface area contributed by atoms with Crippen LogP contribution in [0.15, 0.2) is 28.7 Å². The maximum absolute atomic E-state index is 10.7. The van der Waals surface area contributed by atoms with E-state index in [1.54, 1.807) is 6.07 Å². The van der Waals surface area contributed by atoms with Gasteiger partial charge in [-0.05, 0) is 39.1 Å². The lowest BCUT2D eigenvalue weighted by molar-refractivity contribution is -0.0171. The van der Waals surface area contributed by atoms with Crippen molar-refractivity contribution in [2.75, 3.05) is 13.1 Å². The number of halogens is 1. The molecule has 0 spiro atoms. The number of likely N-dealkylation sites (N-methyl/N-ethyl adjacent to an activating group) is 1. The molecule has 4 heteroatoms. The maximum atomic E-state index is 10.7. The number of rotatable bonds is 5. The van der Waals surface area contributed by atoms with Gasteiger partial charge in [0, 0.05) is 10.9 Å². The van der Waals surface area contributed by atoms with E-state index in [1.165, 1.54) is 0 Å². The highest BCUT2D eigenvalue weighted by Gasteiger charge is 2.36. The Kier molecular flexibility index (Phi) is 4.43. The van der Waals surface area contributed by atoms with Crippen LogP contribution in [0.4, 0.5) is 0 Å². The van der Waals surface area contributed by atoms with Crippen molar-refractivity contribution in [3.63, 3.8) is 0 Å². The van der Waals surface area contributed by atoms with Gasteiger partial charge in [-0.2, -0.15) is 0 Å². The molecule has 1 heterocycles. The van der Waals surface area contributed by atoms with E-state index < -0.39 is 11.6 Å². The number of benzene rings is 1. The molecule has 0 radical (unpaired) electrons. The summed E-state index contributed by atoms with van der Waals surface area (Å²) >= 11 is 6.12. The topological polar surface area (TPSA) is 36.6 Å². The smallest absolute Gasteiger partial charge is 0.152 e. The summed E-state index contributed by atoms with van der Waals surface area (Å²) in [4.78, 5) is 2.21. The molecule has 20 heavy (non-hydrogen) atoms. The molecular formula is C16H22ClNO2. The van der Waals surface area contributed by atoms with Crippen molar-refractivity contribution < 1.29 is 9.52 Å². The molecule has 1 aromatic heterocycles. The fourth-order valence-electron chi connectivity index (χ4n) is 2.74. The third-order valence-corrected chi connectivity index (χ3v) is 4.33. The van der Waals surface area contributed by atoms with E-state index in [4.69, 9.17) is 16.0 Å². The third-order valence-electron chi connectivity index (χ3n) is 4.03. The first-order valence-corrected chi connectivity index (χ1v) is 7.40. The molecule has 1 atom stereocenters. The van der Waals surface area contributed by atoms with E-state index >= 15 is 0 Å². The fraction of sp³-hybridized carbons (Fsp3) is 0.500. The molecule has 0 aliphatic rings. The van der Waals surface area contributed by atoms with Gasteiger partial charge in [0.05, 0.1) is 5.02 Å². The first-order chi connectivity index (χ1) is 9.41. The zero-order chi connectivity index (χ0) is 14.9. The lowest BCUT2D eigenvalue weighted by Gasteiger charge is -2.40. The van der Waals surface area contributed by atoms with Gasteiger partial charge in [0.25, 0.3) is 0 Å². The molecule has 3 nitrogen and oxygen atoms in total. The van der Waals surface area contributed by atoms with Gasteiger partial charge in [0.1, 0.15) is 11.9 Å². The highest BCUT2D eigenvalue weighted by Crippen LogP contribution is 2.35. The molecule has 2 rings (SSSR count). The van der Waals surface area contributed by atoms with Gasteiger partial charge in [0.2, 0.25) is 0 Å². The van der Waals surface area contributed by atoms with Gasteiger partial charge >= 0.3 is 0 Å². The molecule has 1 N–H and O–H groups in total. The third kappa shape index (κ3) is 2.58. The lowest BCUT2D eigenvalue weighted by Crippen LogP contribution is -2.48. The Balaban J connectivity index is 2.40. The van der Waals surface area contributed by atoms with Crippen LogP contribution in [-0.4, -0.2) is 28.6 Å². The van der Waals surface area contributed by atoms with Crippen LogP contribution in [0.5, 0.6) is 0 Å². The Morgan fingerprint density at radius 1 is 1.30 bits per heavy atom. The summed E-state index contributed by atoms with van der Waals surface area (Å²) in [6.07, 6.45) is -0.703. The molecule has 0 bridgehead atoms. The number of nitrogens with zero attached hydrogens (tertiary/aromatic N) is 1. The Morgan fingerprint density at radius 2 is 1.95 bits per heavy atom. The predicted molar refractivity (Wildman–Crippen MR) is 83.2 cm³/mol. The minimum Gasteiger partial charge on any atom is -0.457 e. The monoisotopic (exact) mass is 295 g/mol. The predicted octanol–water partition coefficient (Wildman–Crippen LogP) is 4.24. The highest BCUT2D eigenvalue weighted by molar-refractivity contribution is 6.34. The highest BCUT2D eigenvalue weighted by atomic mass is 35.5. The molecule has 0 saturated carbocycles. The summed E-state index contributed by atoms with van der Waals surface area (Å²) in [5.74, 6) is 0.560. The Hall–Kier alpha value is -1.03. The maximum Gasteiger partial charge on any atom is 0.152 e. The SMILES string of the molecule is CCN(CC)C(C)(C)C(O)c1cc2cccc(Cl)c2o1. The summed E-state index contributed by atoms with van der Waals surface area (Å²) in [6.45, 7) is 9.99. The fourth-order valence-corrected chi connectivity index (χ4v) is 2.96.